The summed E-state index contributed by atoms with van der Waals surface area (Å²) in [4.78, 5) is 71.9. The highest BCUT2D eigenvalue weighted by Gasteiger charge is 2.60. The highest BCUT2D eigenvalue weighted by Crippen LogP contribution is 2.39. The first-order chi connectivity index (χ1) is 22.3. The second-order valence-electron chi connectivity index (χ2n) is 13.0. The Morgan fingerprint density at radius 2 is 1.65 bits per heavy atom. The average Bonchev–Trinajstić information content (AvgIpc) is 3.88. The van der Waals surface area contributed by atoms with Crippen LogP contribution in [0.15, 0.2) is 48.5 Å². The standard InChI is InChI=1S/C35H41ClN4O5S/c36-28-11-9-24(10-12-28)21-37-30(42)13-14-34(44)40(17-5-8-31(40)38-15-3-4-16-38)35(45)29-23-46-33(22-41)39(29)32(43)20-25-18-26-6-1-2-7-27(26)19-25/h1-2,6-7,9-12,22,25,29,31,33H,3-5,8,13-21,23H2/p+1/t29-,31?,33?,40-/m0/s1. The number of amides is 4. The van der Waals surface area contributed by atoms with Crippen molar-refractivity contribution in [3.8, 4) is 0 Å². The van der Waals surface area contributed by atoms with Crippen molar-refractivity contribution in [1.29, 1.82) is 0 Å². The zero-order valence-corrected chi connectivity index (χ0v) is 27.6. The van der Waals surface area contributed by atoms with Gasteiger partial charge in [-0.15, -0.1) is 11.8 Å². The lowest BCUT2D eigenvalue weighted by molar-refractivity contribution is -0.807. The Hall–Kier alpha value is -3.05. The third-order valence-electron chi connectivity index (χ3n) is 10.2. The minimum absolute atomic E-state index is 0.0340. The summed E-state index contributed by atoms with van der Waals surface area (Å²) in [5.74, 6) is -0.667. The van der Waals surface area contributed by atoms with Crippen molar-refractivity contribution in [1.82, 2.24) is 15.1 Å². The number of likely N-dealkylation sites (tertiary alicyclic amines) is 2. The number of aldehydes is 1. The summed E-state index contributed by atoms with van der Waals surface area (Å²) in [6.07, 6.45) is 5.57. The predicted molar refractivity (Wildman–Crippen MR) is 176 cm³/mol. The SMILES string of the molecule is O=CC1SC[C@@H](C(=O)[N@@+]2(C(=O)CCC(=O)NCc3ccc(Cl)cc3)CCCC2N2CCCC2)N1C(=O)CC1Cc2ccccc2C1. The molecule has 4 amide bonds. The summed E-state index contributed by atoms with van der Waals surface area (Å²) in [7, 11) is 0. The van der Waals surface area contributed by atoms with E-state index in [1.165, 1.54) is 27.8 Å². The van der Waals surface area contributed by atoms with E-state index in [9.17, 15) is 24.0 Å². The Morgan fingerprint density at radius 1 is 0.957 bits per heavy atom. The molecule has 2 aromatic carbocycles. The molecule has 0 spiro atoms. The first-order valence-electron chi connectivity index (χ1n) is 16.5. The van der Waals surface area contributed by atoms with E-state index in [0.29, 0.717) is 31.0 Å². The fraction of sp³-hybridized carbons (Fsp3) is 0.514. The number of fused-ring (bicyclic) bond motifs is 1. The van der Waals surface area contributed by atoms with Crippen LogP contribution in [0.1, 0.15) is 61.6 Å². The maximum absolute atomic E-state index is 14.8. The van der Waals surface area contributed by atoms with E-state index in [2.05, 4.69) is 22.3 Å². The number of hydrogen-bond donors (Lipinski definition) is 1. The van der Waals surface area contributed by atoms with Crippen molar-refractivity contribution in [3.05, 3.63) is 70.2 Å². The predicted octanol–water partition coefficient (Wildman–Crippen LogP) is 4.10. The van der Waals surface area contributed by atoms with Crippen molar-refractivity contribution >= 4 is 53.3 Å². The van der Waals surface area contributed by atoms with Gasteiger partial charge >= 0.3 is 11.8 Å². The fourth-order valence-corrected chi connectivity index (χ4v) is 9.24. The Morgan fingerprint density at radius 3 is 2.33 bits per heavy atom. The number of halogens is 1. The van der Waals surface area contributed by atoms with Gasteiger partial charge in [0.25, 0.3) is 0 Å². The fourth-order valence-electron chi connectivity index (χ4n) is 7.93. The highest BCUT2D eigenvalue weighted by atomic mass is 35.5. The van der Waals surface area contributed by atoms with E-state index < -0.39 is 11.4 Å². The quantitative estimate of drug-likeness (QED) is 0.301. The van der Waals surface area contributed by atoms with Gasteiger partial charge in [-0.3, -0.25) is 14.5 Å². The molecule has 6 rings (SSSR count). The second-order valence-corrected chi connectivity index (χ2v) is 14.6. The molecular formula is C35H42ClN4O5S+. The van der Waals surface area contributed by atoms with Crippen molar-refractivity contribution in [2.75, 3.05) is 25.4 Å². The van der Waals surface area contributed by atoms with E-state index in [4.69, 9.17) is 11.6 Å². The van der Waals surface area contributed by atoms with Gasteiger partial charge in [0.2, 0.25) is 11.8 Å². The molecule has 4 aliphatic rings. The van der Waals surface area contributed by atoms with Crippen LogP contribution in [0.4, 0.5) is 0 Å². The van der Waals surface area contributed by atoms with E-state index in [0.717, 1.165) is 50.6 Å². The average molecular weight is 666 g/mol. The van der Waals surface area contributed by atoms with Crippen LogP contribution in [-0.2, 0) is 43.4 Å². The van der Waals surface area contributed by atoms with Crippen LogP contribution in [0.5, 0.6) is 0 Å². The Kier molecular flexibility index (Phi) is 10.3. The topological polar surface area (TPSA) is 104 Å². The smallest absolute Gasteiger partial charge is 0.345 e. The first kappa shape index (κ1) is 32.9. The van der Waals surface area contributed by atoms with Crippen LogP contribution in [0.25, 0.3) is 0 Å². The maximum Gasteiger partial charge on any atom is 0.345 e. The summed E-state index contributed by atoms with van der Waals surface area (Å²) in [6, 6.07) is 14.5. The van der Waals surface area contributed by atoms with Crippen molar-refractivity contribution < 1.29 is 28.5 Å². The number of nitrogens with zero attached hydrogens (tertiary/aromatic N) is 3. The molecule has 2 unspecified atom stereocenters. The number of quaternary nitrogens is 1. The van der Waals surface area contributed by atoms with Crippen LogP contribution < -0.4 is 5.32 Å². The van der Waals surface area contributed by atoms with E-state index >= 15 is 0 Å². The van der Waals surface area contributed by atoms with Gasteiger partial charge in [-0.2, -0.15) is 4.48 Å². The number of imide groups is 1. The summed E-state index contributed by atoms with van der Waals surface area (Å²) < 4.78 is -0.375. The molecule has 3 aliphatic heterocycles. The molecular weight excluding hydrogens is 624 g/mol. The molecule has 3 saturated heterocycles. The number of thioether (sulfide) groups is 1. The lowest BCUT2D eigenvalue weighted by Gasteiger charge is -2.41. The number of rotatable bonds is 10. The van der Waals surface area contributed by atoms with Gasteiger partial charge in [0.15, 0.2) is 18.5 Å². The number of carbonyl (C=O) groups is 5. The van der Waals surface area contributed by atoms with Gasteiger partial charge in [0, 0.05) is 56.1 Å². The Labute approximate surface area is 279 Å². The summed E-state index contributed by atoms with van der Waals surface area (Å²) >= 11 is 7.26. The number of hydrogen-bond acceptors (Lipinski definition) is 7. The second kappa shape index (κ2) is 14.4. The van der Waals surface area contributed by atoms with Crippen LogP contribution >= 0.6 is 23.4 Å². The van der Waals surface area contributed by atoms with Crippen LogP contribution in [0, 0.1) is 5.92 Å². The van der Waals surface area contributed by atoms with Crippen molar-refractivity contribution in [2.45, 2.75) is 81.9 Å². The van der Waals surface area contributed by atoms with Gasteiger partial charge in [0.1, 0.15) is 5.37 Å². The molecule has 46 heavy (non-hydrogen) atoms. The molecule has 1 N–H and O–H groups in total. The molecule has 1 aliphatic carbocycles. The van der Waals surface area contributed by atoms with Gasteiger partial charge in [-0.1, -0.05) is 48.0 Å². The molecule has 3 fully saturated rings. The molecule has 9 nitrogen and oxygen atoms in total. The largest absolute Gasteiger partial charge is 0.352 e. The van der Waals surface area contributed by atoms with Crippen LogP contribution in [0.3, 0.4) is 0 Å². The minimum Gasteiger partial charge on any atom is -0.352 e. The minimum atomic E-state index is -0.873. The normalized spacial score (nSPS) is 26.3. The summed E-state index contributed by atoms with van der Waals surface area (Å²) in [5.41, 5.74) is 3.38. The molecule has 11 heteroatoms. The lowest BCUT2D eigenvalue weighted by Crippen LogP contribution is -2.69. The van der Waals surface area contributed by atoms with Crippen molar-refractivity contribution in [2.24, 2.45) is 5.92 Å². The highest BCUT2D eigenvalue weighted by molar-refractivity contribution is 8.00. The first-order valence-corrected chi connectivity index (χ1v) is 17.9. The van der Waals surface area contributed by atoms with E-state index in [-0.39, 0.29) is 65.2 Å². The molecule has 3 heterocycles. The van der Waals surface area contributed by atoms with Crippen LogP contribution in [0.2, 0.25) is 5.02 Å². The molecule has 244 valence electrons. The third kappa shape index (κ3) is 6.68. The van der Waals surface area contributed by atoms with Gasteiger partial charge in [-0.25, -0.2) is 9.59 Å². The van der Waals surface area contributed by atoms with Gasteiger partial charge in [0.05, 0.1) is 13.0 Å². The van der Waals surface area contributed by atoms with E-state index in [1.807, 2.05) is 24.3 Å². The zero-order chi connectivity index (χ0) is 32.3. The monoisotopic (exact) mass is 665 g/mol. The third-order valence-corrected chi connectivity index (χ3v) is 11.6. The zero-order valence-electron chi connectivity index (χ0n) is 26.1. The summed E-state index contributed by atoms with van der Waals surface area (Å²) in [5, 5.41) is 2.73. The Balaban J connectivity index is 1.19. The molecule has 0 bridgehead atoms. The molecule has 0 saturated carbocycles. The van der Waals surface area contributed by atoms with E-state index in [1.54, 1.807) is 12.1 Å². The molecule has 0 aromatic heterocycles. The van der Waals surface area contributed by atoms with Gasteiger partial charge < -0.3 is 15.0 Å². The maximum atomic E-state index is 14.8. The number of carbonyl (C=O) groups excluding carboxylic acids is 5. The molecule has 4 atom stereocenters. The summed E-state index contributed by atoms with van der Waals surface area (Å²) in [6.45, 7) is 2.29. The lowest BCUT2D eigenvalue weighted by atomic mass is 10.0. The number of nitrogens with one attached hydrogen (secondary N) is 1. The van der Waals surface area contributed by atoms with Gasteiger partial charge in [-0.05, 0) is 60.4 Å². The van der Waals surface area contributed by atoms with Crippen molar-refractivity contribution in [3.63, 3.8) is 0 Å². The Bertz CT molecular complexity index is 1460. The van der Waals surface area contributed by atoms with Crippen LogP contribution in [-0.4, -0.2) is 87.2 Å². The molecule has 0 radical (unpaired) electrons. The molecule has 2 aromatic rings. The number of benzene rings is 2.